The number of nitrogens with zero attached hydrogens (tertiary/aromatic N) is 2. The van der Waals surface area contributed by atoms with Gasteiger partial charge in [0, 0.05) is 29.8 Å². The Bertz CT molecular complexity index is 2540. The van der Waals surface area contributed by atoms with Crippen LogP contribution < -0.4 is 0 Å². The molecule has 1 radical (unpaired) electrons. The molecule has 2 heterocycles. The number of fused-ring (bicyclic) bond motifs is 8. The topological polar surface area (TPSA) is 25.8 Å². The first-order chi connectivity index (χ1) is 23.8. The SMILES string of the molecule is CC1(C)c2ccccc2-c2c[c-]c(-c3ccc4ccccc4n3)cc21.CC1(C)c2ccccc2-c2c[c-]c(-c3nc4ccccc4s3)cc21.[Ir]. The van der Waals surface area contributed by atoms with Gasteiger partial charge in [-0.15, -0.1) is 58.7 Å². The molecular weight excluding hydrogens is 805 g/mol. The van der Waals surface area contributed by atoms with E-state index >= 15 is 0 Å². The van der Waals surface area contributed by atoms with Gasteiger partial charge >= 0.3 is 0 Å². The average Bonchev–Trinajstić information content (AvgIpc) is 3.75. The Morgan fingerprint density at radius 2 is 1.04 bits per heavy atom. The summed E-state index contributed by atoms with van der Waals surface area (Å²) in [4.78, 5) is 9.63. The zero-order valence-electron chi connectivity index (χ0n) is 28.3. The van der Waals surface area contributed by atoms with E-state index in [-0.39, 0.29) is 30.9 Å². The van der Waals surface area contributed by atoms with Crippen molar-refractivity contribution >= 4 is 32.5 Å². The molecule has 2 aliphatic carbocycles. The number of rotatable bonds is 2. The molecule has 0 fully saturated rings. The molecule has 0 bridgehead atoms. The number of thiazole rings is 1. The zero-order chi connectivity index (χ0) is 33.3. The van der Waals surface area contributed by atoms with Gasteiger partial charge in [0.2, 0.25) is 0 Å². The first-order valence-corrected chi connectivity index (χ1v) is 17.6. The number of pyridine rings is 1. The monoisotopic (exact) mass is 839 g/mol. The van der Waals surface area contributed by atoms with Crippen molar-refractivity contribution < 1.29 is 20.1 Å². The van der Waals surface area contributed by atoms with Gasteiger partial charge in [0.15, 0.2) is 0 Å². The summed E-state index contributed by atoms with van der Waals surface area (Å²) in [5, 5.41) is 2.21. The minimum absolute atomic E-state index is 0. The van der Waals surface area contributed by atoms with E-state index in [1.165, 1.54) is 54.6 Å². The minimum Gasteiger partial charge on any atom is -0.296 e. The Labute approximate surface area is 311 Å². The summed E-state index contributed by atoms with van der Waals surface area (Å²) in [6.07, 6.45) is 0. The number of para-hydroxylation sites is 2. The maximum Gasteiger partial charge on any atom is 0.0697 e. The third-order valence-corrected chi connectivity index (χ3v) is 11.5. The molecule has 0 spiro atoms. The molecule has 50 heavy (non-hydrogen) atoms. The van der Waals surface area contributed by atoms with Crippen molar-refractivity contribution in [2.45, 2.75) is 38.5 Å². The number of aromatic nitrogens is 2. The van der Waals surface area contributed by atoms with E-state index in [0.29, 0.717) is 0 Å². The Hall–Kier alpha value is -4.73. The maximum atomic E-state index is 4.84. The predicted octanol–water partition coefficient (Wildman–Crippen LogP) is 12.1. The van der Waals surface area contributed by atoms with Gasteiger partial charge in [0.25, 0.3) is 0 Å². The summed E-state index contributed by atoms with van der Waals surface area (Å²) >= 11 is 1.74. The number of hydrogen-bond donors (Lipinski definition) is 0. The van der Waals surface area contributed by atoms with E-state index in [0.717, 1.165) is 32.9 Å². The van der Waals surface area contributed by atoms with E-state index in [1.807, 2.05) is 18.2 Å². The predicted molar refractivity (Wildman–Crippen MR) is 205 cm³/mol. The summed E-state index contributed by atoms with van der Waals surface area (Å²) in [6.45, 7) is 9.21. The van der Waals surface area contributed by atoms with Gasteiger partial charge in [-0.25, -0.2) is 0 Å². The standard InChI is InChI=1S/C24H18N.C22H16NS.Ir/c1-24(2)20-9-5-4-8-18(20)19-13-11-17(15-21(19)24)23-14-12-16-7-3-6-10-22(16)25-23;1-22(2)17-8-4-3-7-15(17)16-12-11-14(13-18(16)22)21-23-19-9-5-6-10-20(19)24-21;/h3-10,12-15H,1-2H3;3-10,12-13H,1-2H3;/q2*-1;. The Morgan fingerprint density at radius 1 is 0.500 bits per heavy atom. The van der Waals surface area contributed by atoms with Gasteiger partial charge in [-0.1, -0.05) is 141 Å². The van der Waals surface area contributed by atoms with Crippen molar-refractivity contribution in [2.75, 3.05) is 0 Å². The van der Waals surface area contributed by atoms with Crippen molar-refractivity contribution in [3.8, 4) is 44.1 Å². The summed E-state index contributed by atoms with van der Waals surface area (Å²) in [7, 11) is 0. The quantitative estimate of drug-likeness (QED) is 0.162. The molecule has 0 amide bonds. The molecule has 8 aromatic rings. The molecule has 2 aliphatic rings. The van der Waals surface area contributed by atoms with Gasteiger partial charge in [-0.2, -0.15) is 11.3 Å². The molecule has 0 saturated carbocycles. The summed E-state index contributed by atoms with van der Waals surface area (Å²) in [5.41, 5.74) is 16.0. The van der Waals surface area contributed by atoms with Crippen LogP contribution in [0.3, 0.4) is 0 Å². The largest absolute Gasteiger partial charge is 0.296 e. The first-order valence-electron chi connectivity index (χ1n) is 16.8. The third-order valence-electron chi connectivity index (χ3n) is 10.4. The van der Waals surface area contributed by atoms with E-state index in [4.69, 9.17) is 9.97 Å². The van der Waals surface area contributed by atoms with Crippen molar-refractivity contribution in [1.29, 1.82) is 0 Å². The second kappa shape index (κ2) is 12.2. The minimum atomic E-state index is 0. The smallest absolute Gasteiger partial charge is 0.0697 e. The van der Waals surface area contributed by atoms with Crippen LogP contribution in [0.5, 0.6) is 0 Å². The van der Waals surface area contributed by atoms with E-state index in [1.54, 1.807) is 11.3 Å². The van der Waals surface area contributed by atoms with Gasteiger partial charge in [-0.3, -0.25) is 9.97 Å². The summed E-state index contributed by atoms with van der Waals surface area (Å²) in [6, 6.07) is 53.9. The van der Waals surface area contributed by atoms with Crippen LogP contribution in [0.2, 0.25) is 0 Å². The average molecular weight is 839 g/mol. The Balaban J connectivity index is 0.000000142. The van der Waals surface area contributed by atoms with Crippen molar-refractivity contribution in [3.63, 3.8) is 0 Å². The van der Waals surface area contributed by atoms with Crippen LogP contribution in [0, 0.1) is 12.1 Å². The fourth-order valence-corrected chi connectivity index (χ4v) is 8.70. The molecule has 0 N–H and O–H groups in total. The van der Waals surface area contributed by atoms with Crippen molar-refractivity contribution in [1.82, 2.24) is 9.97 Å². The molecule has 4 heteroatoms. The molecule has 6 aromatic carbocycles. The number of hydrogen-bond acceptors (Lipinski definition) is 3. The van der Waals surface area contributed by atoms with Gasteiger partial charge in [-0.05, 0) is 51.2 Å². The van der Waals surface area contributed by atoms with E-state index in [9.17, 15) is 0 Å². The van der Waals surface area contributed by atoms with E-state index < -0.39 is 0 Å². The summed E-state index contributed by atoms with van der Waals surface area (Å²) < 4.78 is 1.23. The van der Waals surface area contributed by atoms with Gasteiger partial charge in [0.05, 0.1) is 11.0 Å². The molecule has 0 atom stereocenters. The van der Waals surface area contributed by atoms with Crippen LogP contribution in [0.25, 0.3) is 65.2 Å². The zero-order valence-corrected chi connectivity index (χ0v) is 31.5. The molecule has 0 saturated heterocycles. The van der Waals surface area contributed by atoms with Gasteiger partial charge < -0.3 is 0 Å². The molecule has 2 nitrogen and oxygen atoms in total. The normalized spacial score (nSPS) is 14.2. The Kier molecular flexibility index (Phi) is 7.95. The number of benzene rings is 6. The first kappa shape index (κ1) is 32.5. The molecule has 245 valence electrons. The second-order valence-electron chi connectivity index (χ2n) is 14.1. The Morgan fingerprint density at radius 3 is 1.70 bits per heavy atom. The van der Waals surface area contributed by atoms with Crippen LogP contribution in [0.4, 0.5) is 0 Å². The van der Waals surface area contributed by atoms with Gasteiger partial charge in [0.1, 0.15) is 0 Å². The van der Waals surface area contributed by atoms with Crippen LogP contribution in [0.15, 0.2) is 133 Å². The van der Waals surface area contributed by atoms with E-state index in [2.05, 4.69) is 155 Å². The molecule has 0 unspecified atom stereocenters. The molecule has 2 aromatic heterocycles. The molecule has 0 aliphatic heterocycles. The fraction of sp³-hybridized carbons (Fsp3) is 0.130. The second-order valence-corrected chi connectivity index (χ2v) is 15.1. The van der Waals surface area contributed by atoms with Crippen molar-refractivity contribution in [2.24, 2.45) is 0 Å². The van der Waals surface area contributed by atoms with Crippen LogP contribution >= 0.6 is 11.3 Å². The van der Waals surface area contributed by atoms with Crippen LogP contribution in [0.1, 0.15) is 49.9 Å². The summed E-state index contributed by atoms with van der Waals surface area (Å²) in [5.74, 6) is 0. The van der Waals surface area contributed by atoms with Crippen LogP contribution in [-0.2, 0) is 30.9 Å². The van der Waals surface area contributed by atoms with Crippen molar-refractivity contribution in [3.05, 3.63) is 168 Å². The molecular formula is C46H34IrN2S-2. The maximum absolute atomic E-state index is 4.84. The fourth-order valence-electron chi connectivity index (χ4n) is 7.75. The molecule has 10 rings (SSSR count). The third kappa shape index (κ3) is 5.17. The van der Waals surface area contributed by atoms with Crippen LogP contribution in [-0.4, -0.2) is 9.97 Å².